The quantitative estimate of drug-likeness (QED) is 0.0202. The molecule has 0 radical (unpaired) electrons. The lowest BCUT2D eigenvalue weighted by atomic mass is 10.0. The molecular weight excluding hydrogens is 814 g/mol. The lowest BCUT2D eigenvalue weighted by molar-refractivity contribution is -0.870. The molecule has 0 aromatic heterocycles. The van der Waals surface area contributed by atoms with Crippen LogP contribution in [0.2, 0.25) is 0 Å². The predicted octanol–water partition coefficient (Wildman–Crippen LogP) is 14.0. The van der Waals surface area contributed by atoms with Gasteiger partial charge in [-0.3, -0.25) is 18.6 Å². The largest absolute Gasteiger partial charge is 0.472 e. The maximum Gasteiger partial charge on any atom is 0.472 e. The Labute approximate surface area is 386 Å². The molecule has 0 aliphatic carbocycles. The van der Waals surface area contributed by atoms with Gasteiger partial charge >= 0.3 is 19.8 Å². The van der Waals surface area contributed by atoms with E-state index in [4.69, 9.17) is 18.5 Å². The molecule has 0 aromatic carbocycles. The second-order valence-electron chi connectivity index (χ2n) is 18.4. The number of likely N-dealkylation sites (N-methyl/N-ethyl adjacent to an activating group) is 1. The van der Waals surface area contributed by atoms with Crippen LogP contribution in [-0.4, -0.2) is 86.1 Å². The van der Waals surface area contributed by atoms with Gasteiger partial charge in [-0.2, -0.15) is 0 Å². The minimum Gasteiger partial charge on any atom is -0.462 e. The Morgan fingerprint density at radius 1 is 0.556 bits per heavy atom. The molecule has 0 rings (SSSR count). The van der Waals surface area contributed by atoms with Crippen LogP contribution in [0.15, 0.2) is 48.6 Å². The Morgan fingerprint density at radius 3 is 1.48 bits per heavy atom. The summed E-state index contributed by atoms with van der Waals surface area (Å²) in [6.07, 6.45) is 49.5. The number of allylic oxidation sites excluding steroid dienone is 7. The predicted molar refractivity (Wildman–Crippen MR) is 263 cm³/mol. The van der Waals surface area contributed by atoms with Crippen molar-refractivity contribution >= 4 is 19.8 Å². The molecule has 2 N–H and O–H groups in total. The van der Waals surface area contributed by atoms with Gasteiger partial charge in [0.1, 0.15) is 19.8 Å². The van der Waals surface area contributed by atoms with Crippen LogP contribution in [0.4, 0.5) is 0 Å². The molecule has 3 atom stereocenters. The number of rotatable bonds is 46. The summed E-state index contributed by atoms with van der Waals surface area (Å²) < 4.78 is 34.4. The second kappa shape index (κ2) is 43.8. The number of nitrogens with zero attached hydrogens (tertiary/aromatic N) is 1. The van der Waals surface area contributed by atoms with Gasteiger partial charge in [0, 0.05) is 12.8 Å². The van der Waals surface area contributed by atoms with Crippen LogP contribution in [0.1, 0.15) is 213 Å². The van der Waals surface area contributed by atoms with Gasteiger partial charge in [-0.15, -0.1) is 0 Å². The highest BCUT2D eigenvalue weighted by atomic mass is 31.2. The molecule has 0 aliphatic heterocycles. The molecule has 0 spiro atoms. The highest BCUT2D eigenvalue weighted by Crippen LogP contribution is 2.43. The van der Waals surface area contributed by atoms with E-state index in [1.165, 1.54) is 109 Å². The maximum atomic E-state index is 12.8. The number of carbonyl (C=O) groups is 2. The monoisotopic (exact) mass is 911 g/mol. The minimum absolute atomic E-state index is 0.0171. The van der Waals surface area contributed by atoms with Gasteiger partial charge in [-0.25, -0.2) is 4.57 Å². The highest BCUT2D eigenvalue weighted by molar-refractivity contribution is 7.47. The second-order valence-corrected chi connectivity index (χ2v) is 19.8. The van der Waals surface area contributed by atoms with Crippen LogP contribution in [-0.2, 0) is 32.7 Å². The number of esters is 2. The highest BCUT2D eigenvalue weighted by Gasteiger charge is 2.27. The number of unbranched alkanes of at least 4 members (excludes halogenated alkanes) is 21. The Hall–Kier alpha value is -2.07. The fourth-order valence-corrected chi connectivity index (χ4v) is 7.71. The van der Waals surface area contributed by atoms with Gasteiger partial charge in [0.2, 0.25) is 0 Å². The van der Waals surface area contributed by atoms with Crippen LogP contribution in [0.3, 0.4) is 0 Å². The zero-order valence-corrected chi connectivity index (χ0v) is 42.1. The zero-order valence-electron chi connectivity index (χ0n) is 41.2. The van der Waals surface area contributed by atoms with Crippen molar-refractivity contribution in [3.63, 3.8) is 0 Å². The molecule has 0 amide bonds. The molecule has 2 unspecified atom stereocenters. The molecule has 0 bridgehead atoms. The van der Waals surface area contributed by atoms with Crippen LogP contribution >= 0.6 is 7.82 Å². The third-order valence-electron chi connectivity index (χ3n) is 10.9. The number of aliphatic hydroxyl groups is 1. The first-order valence-electron chi connectivity index (χ1n) is 25.4. The molecule has 0 aromatic rings. The average molecular weight is 911 g/mol. The van der Waals surface area contributed by atoms with Gasteiger partial charge in [0.25, 0.3) is 0 Å². The molecule has 11 heteroatoms. The average Bonchev–Trinajstić information content (AvgIpc) is 3.23. The van der Waals surface area contributed by atoms with E-state index in [-0.39, 0.29) is 32.2 Å². The van der Waals surface area contributed by atoms with Gasteiger partial charge in [0.05, 0.1) is 33.9 Å². The zero-order chi connectivity index (χ0) is 46.5. The summed E-state index contributed by atoms with van der Waals surface area (Å²) in [5, 5.41) is 9.75. The molecule has 0 heterocycles. The Bertz CT molecular complexity index is 1230. The maximum absolute atomic E-state index is 12.8. The number of hydrogen-bond acceptors (Lipinski definition) is 8. The number of carbonyl (C=O) groups excluding carboxylic acids is 2. The van der Waals surface area contributed by atoms with E-state index in [2.05, 4.69) is 50.3 Å². The van der Waals surface area contributed by atoms with Crippen molar-refractivity contribution in [1.29, 1.82) is 0 Å². The van der Waals surface area contributed by atoms with E-state index >= 15 is 0 Å². The van der Waals surface area contributed by atoms with Crippen molar-refractivity contribution in [3.8, 4) is 0 Å². The van der Waals surface area contributed by atoms with Gasteiger partial charge in [0.15, 0.2) is 6.10 Å². The van der Waals surface area contributed by atoms with E-state index in [0.29, 0.717) is 30.3 Å². The number of phosphoric acid groups is 1. The van der Waals surface area contributed by atoms with Crippen molar-refractivity contribution in [2.24, 2.45) is 0 Å². The number of ether oxygens (including phenoxy) is 2. The molecule has 0 saturated heterocycles. The van der Waals surface area contributed by atoms with E-state index in [1.807, 2.05) is 33.3 Å². The van der Waals surface area contributed by atoms with Gasteiger partial charge in [-0.1, -0.05) is 197 Å². The van der Waals surface area contributed by atoms with Crippen LogP contribution in [0, 0.1) is 0 Å². The minimum atomic E-state index is -4.40. The number of hydrogen-bond donors (Lipinski definition) is 2. The molecule has 0 fully saturated rings. The summed E-state index contributed by atoms with van der Waals surface area (Å²) in [6, 6.07) is 0. The summed E-state index contributed by atoms with van der Waals surface area (Å²) in [5.41, 5.74) is 0. The number of aliphatic hydroxyl groups excluding tert-OH is 1. The molecule has 368 valence electrons. The first-order chi connectivity index (χ1) is 30.4. The molecule has 10 nitrogen and oxygen atoms in total. The van der Waals surface area contributed by atoms with Crippen LogP contribution < -0.4 is 0 Å². The van der Waals surface area contributed by atoms with E-state index in [9.17, 15) is 24.2 Å². The summed E-state index contributed by atoms with van der Waals surface area (Å²) in [5.74, 6) is -0.878. The van der Waals surface area contributed by atoms with E-state index in [0.717, 1.165) is 57.8 Å². The first-order valence-corrected chi connectivity index (χ1v) is 26.9. The standard InChI is InChI=1S/C52H96NO9P/c1-6-8-9-10-11-12-13-14-15-16-17-18-19-20-21-24-28-31-34-37-40-44-52(56)62-50(48-61-63(57,58)60-46-45-53(3,4)5)47-59-51(55)43-39-36-33-30-27-25-22-23-26-29-32-35-38-42-49(54)41-7-2/h22,25-26,29-30,33,35,38,49-50,54H,6-21,23-24,27-28,31-32,34,36-37,39-48H2,1-5H3/p+1/b25-22-,29-26-,33-30-,38-35-/t49?,50-/m1/s1. The summed E-state index contributed by atoms with van der Waals surface area (Å²) >= 11 is 0. The smallest absolute Gasteiger partial charge is 0.462 e. The number of phosphoric ester groups is 1. The van der Waals surface area contributed by atoms with Crippen molar-refractivity contribution in [2.45, 2.75) is 225 Å². The summed E-state index contributed by atoms with van der Waals surface area (Å²) in [7, 11) is 1.43. The summed E-state index contributed by atoms with van der Waals surface area (Å²) in [4.78, 5) is 35.5. The van der Waals surface area contributed by atoms with Crippen molar-refractivity contribution in [1.82, 2.24) is 0 Å². The third-order valence-corrected chi connectivity index (χ3v) is 11.9. The first kappa shape index (κ1) is 60.9. The third kappa shape index (κ3) is 47.7. The van der Waals surface area contributed by atoms with Gasteiger partial charge < -0.3 is 24.0 Å². The lowest BCUT2D eigenvalue weighted by Crippen LogP contribution is -2.37. The van der Waals surface area contributed by atoms with Crippen LogP contribution in [0.5, 0.6) is 0 Å². The Kier molecular flexibility index (Phi) is 42.4. The SMILES string of the molecule is CCCCCCCCCCCCCCCCCCCCCCCC(=O)O[C@H](COC(=O)CCC/C=C\C/C=C\C/C=C\C/C=C\CC(O)CCC)COP(=O)(O)OCC[N+](C)(C)C. The van der Waals surface area contributed by atoms with Crippen LogP contribution in [0.25, 0.3) is 0 Å². The topological polar surface area (TPSA) is 129 Å². The molecule has 63 heavy (non-hydrogen) atoms. The molecule has 0 saturated carbocycles. The number of quaternary nitrogens is 1. The van der Waals surface area contributed by atoms with Crippen molar-refractivity contribution in [3.05, 3.63) is 48.6 Å². The lowest BCUT2D eigenvalue weighted by Gasteiger charge is -2.24. The fraction of sp³-hybridized carbons (Fsp3) is 0.808. The summed E-state index contributed by atoms with van der Waals surface area (Å²) in [6.45, 7) is 4.18. The van der Waals surface area contributed by atoms with Crippen molar-refractivity contribution < 1.29 is 47.2 Å². The van der Waals surface area contributed by atoms with E-state index < -0.39 is 32.5 Å². The Morgan fingerprint density at radius 2 is 1.00 bits per heavy atom. The normalized spacial score (nSPS) is 14.3. The molecule has 0 aliphatic rings. The van der Waals surface area contributed by atoms with Gasteiger partial charge in [-0.05, 0) is 51.4 Å². The molecular formula is C52H97NO9P+. The Balaban J connectivity index is 4.33. The van der Waals surface area contributed by atoms with Crippen molar-refractivity contribution in [2.75, 3.05) is 47.5 Å². The fourth-order valence-electron chi connectivity index (χ4n) is 6.96. The van der Waals surface area contributed by atoms with E-state index in [1.54, 1.807) is 0 Å².